The fourth-order valence-corrected chi connectivity index (χ4v) is 3.58. The molecule has 170 valence electrons. The van der Waals surface area contributed by atoms with Crippen molar-refractivity contribution in [2.45, 2.75) is 32.9 Å². The monoisotopic (exact) mass is 440 g/mol. The van der Waals surface area contributed by atoms with Crippen LogP contribution in [0.2, 0.25) is 0 Å². The summed E-state index contributed by atoms with van der Waals surface area (Å²) in [5, 5.41) is 0. The Bertz CT molecular complexity index is 1080. The number of amides is 1. The molecule has 4 heterocycles. The smallest absolute Gasteiger partial charge is 0.409 e. The first kappa shape index (κ1) is 21.9. The SMILES string of the molecule is CCn1c(-c2cnc(C)nc2)nc2c(OC3CCN(C(=O)OCCN(C)C)C3)ncnc21. The Morgan fingerprint density at radius 3 is 2.72 bits per heavy atom. The van der Waals surface area contributed by atoms with Crippen LogP contribution in [-0.4, -0.2) is 91.8 Å². The zero-order valence-corrected chi connectivity index (χ0v) is 18.9. The first-order valence-corrected chi connectivity index (χ1v) is 10.7. The van der Waals surface area contributed by atoms with Gasteiger partial charge in [-0.05, 0) is 27.9 Å². The lowest BCUT2D eigenvalue weighted by Crippen LogP contribution is -2.33. The third kappa shape index (κ3) is 4.62. The predicted molar refractivity (Wildman–Crippen MR) is 117 cm³/mol. The van der Waals surface area contributed by atoms with Gasteiger partial charge in [0.05, 0.1) is 12.1 Å². The number of hydrogen-bond acceptors (Lipinski definition) is 9. The lowest BCUT2D eigenvalue weighted by atomic mass is 10.3. The summed E-state index contributed by atoms with van der Waals surface area (Å²) in [6.07, 6.45) is 5.17. The largest absolute Gasteiger partial charge is 0.471 e. The third-order valence-electron chi connectivity index (χ3n) is 5.30. The highest BCUT2D eigenvalue weighted by Gasteiger charge is 2.30. The van der Waals surface area contributed by atoms with Crippen molar-refractivity contribution >= 4 is 17.3 Å². The fourth-order valence-electron chi connectivity index (χ4n) is 3.58. The van der Waals surface area contributed by atoms with E-state index in [0.29, 0.717) is 67.9 Å². The van der Waals surface area contributed by atoms with Gasteiger partial charge < -0.3 is 23.8 Å². The Morgan fingerprint density at radius 1 is 1.22 bits per heavy atom. The molecule has 1 fully saturated rings. The van der Waals surface area contributed by atoms with E-state index in [2.05, 4.69) is 19.9 Å². The molecule has 1 amide bonds. The number of fused-ring (bicyclic) bond motifs is 1. The second kappa shape index (κ2) is 9.43. The van der Waals surface area contributed by atoms with Gasteiger partial charge in [-0.1, -0.05) is 0 Å². The average molecular weight is 441 g/mol. The van der Waals surface area contributed by atoms with Crippen LogP contribution < -0.4 is 4.74 Å². The fraction of sp³-hybridized carbons (Fsp3) is 0.524. The van der Waals surface area contributed by atoms with Gasteiger partial charge in [-0.25, -0.2) is 24.7 Å². The van der Waals surface area contributed by atoms with Crippen LogP contribution in [0.3, 0.4) is 0 Å². The van der Waals surface area contributed by atoms with Crippen molar-refractivity contribution in [3.63, 3.8) is 0 Å². The van der Waals surface area contributed by atoms with Gasteiger partial charge >= 0.3 is 6.09 Å². The standard InChI is InChI=1S/C21H28N8O3/c1-5-29-18(15-10-22-14(2)23-11-15)26-17-19(29)24-13-25-20(17)32-16-6-7-28(12-16)21(30)31-9-8-27(3)4/h10-11,13,16H,5-9,12H2,1-4H3. The Balaban J connectivity index is 1.50. The maximum atomic E-state index is 12.3. The summed E-state index contributed by atoms with van der Waals surface area (Å²) in [7, 11) is 3.88. The molecule has 1 unspecified atom stereocenters. The van der Waals surface area contributed by atoms with Gasteiger partial charge in [0.1, 0.15) is 30.7 Å². The van der Waals surface area contributed by atoms with Gasteiger partial charge in [0.25, 0.3) is 0 Å². The van der Waals surface area contributed by atoms with Crippen LogP contribution in [0.4, 0.5) is 4.79 Å². The molecule has 11 nitrogen and oxygen atoms in total. The molecule has 1 aliphatic heterocycles. The molecule has 0 aliphatic carbocycles. The van der Waals surface area contributed by atoms with Gasteiger partial charge in [0, 0.05) is 38.4 Å². The molecule has 11 heteroatoms. The molecule has 1 saturated heterocycles. The van der Waals surface area contributed by atoms with E-state index in [0.717, 1.165) is 5.56 Å². The number of likely N-dealkylation sites (tertiary alicyclic amines) is 1. The number of aryl methyl sites for hydroxylation is 2. The quantitative estimate of drug-likeness (QED) is 0.542. The van der Waals surface area contributed by atoms with Crippen LogP contribution in [0.25, 0.3) is 22.6 Å². The van der Waals surface area contributed by atoms with Gasteiger partial charge in [-0.15, -0.1) is 0 Å². The highest BCUT2D eigenvalue weighted by molar-refractivity contribution is 5.81. The summed E-state index contributed by atoms with van der Waals surface area (Å²) in [6.45, 7) is 6.61. The molecule has 0 radical (unpaired) electrons. The Hall–Kier alpha value is -3.34. The van der Waals surface area contributed by atoms with E-state index in [1.54, 1.807) is 17.3 Å². The van der Waals surface area contributed by atoms with E-state index in [9.17, 15) is 4.79 Å². The molecule has 0 bridgehead atoms. The number of ether oxygens (including phenoxy) is 2. The van der Waals surface area contributed by atoms with Gasteiger partial charge in [-0.3, -0.25) is 0 Å². The molecular formula is C21H28N8O3. The summed E-state index contributed by atoms with van der Waals surface area (Å²) in [5.41, 5.74) is 2.07. The third-order valence-corrected chi connectivity index (χ3v) is 5.30. The molecule has 0 N–H and O–H groups in total. The molecule has 1 aliphatic rings. The lowest BCUT2D eigenvalue weighted by Gasteiger charge is -2.17. The second-order valence-electron chi connectivity index (χ2n) is 7.94. The van der Waals surface area contributed by atoms with Crippen molar-refractivity contribution in [3.8, 4) is 17.3 Å². The first-order valence-electron chi connectivity index (χ1n) is 10.7. The van der Waals surface area contributed by atoms with Gasteiger partial charge in [-0.2, -0.15) is 4.98 Å². The van der Waals surface area contributed by atoms with Crippen LogP contribution in [0, 0.1) is 6.92 Å². The maximum Gasteiger partial charge on any atom is 0.409 e. The van der Waals surface area contributed by atoms with Crippen molar-refractivity contribution in [1.29, 1.82) is 0 Å². The summed E-state index contributed by atoms with van der Waals surface area (Å²) in [4.78, 5) is 38.0. The molecule has 3 aromatic rings. The number of rotatable bonds is 7. The van der Waals surface area contributed by atoms with Crippen LogP contribution in [0.5, 0.6) is 5.88 Å². The van der Waals surface area contributed by atoms with Crippen LogP contribution in [-0.2, 0) is 11.3 Å². The van der Waals surface area contributed by atoms with E-state index in [1.807, 2.05) is 37.4 Å². The van der Waals surface area contributed by atoms with Crippen LogP contribution in [0.15, 0.2) is 18.7 Å². The number of likely N-dealkylation sites (N-methyl/N-ethyl adjacent to an activating group) is 1. The maximum absolute atomic E-state index is 12.3. The summed E-state index contributed by atoms with van der Waals surface area (Å²) in [6, 6.07) is 0. The minimum Gasteiger partial charge on any atom is -0.471 e. The normalized spacial score (nSPS) is 16.2. The topological polar surface area (TPSA) is 111 Å². The molecule has 3 aromatic heterocycles. The number of nitrogens with zero attached hydrogens (tertiary/aromatic N) is 8. The van der Waals surface area contributed by atoms with Crippen LogP contribution in [0.1, 0.15) is 19.2 Å². The zero-order valence-electron chi connectivity index (χ0n) is 18.9. The Kier molecular flexibility index (Phi) is 6.45. The number of hydrogen-bond donors (Lipinski definition) is 0. The van der Waals surface area contributed by atoms with Crippen molar-refractivity contribution in [2.75, 3.05) is 40.3 Å². The number of aromatic nitrogens is 6. The highest BCUT2D eigenvalue weighted by Crippen LogP contribution is 2.29. The van der Waals surface area contributed by atoms with E-state index < -0.39 is 0 Å². The Labute approximate surface area is 186 Å². The minimum atomic E-state index is -0.317. The molecule has 1 atom stereocenters. The van der Waals surface area contributed by atoms with Gasteiger partial charge in [0.2, 0.25) is 5.88 Å². The van der Waals surface area contributed by atoms with Crippen molar-refractivity contribution < 1.29 is 14.3 Å². The van der Waals surface area contributed by atoms with Crippen LogP contribution >= 0.6 is 0 Å². The average Bonchev–Trinajstić information content (AvgIpc) is 3.39. The van der Waals surface area contributed by atoms with Gasteiger partial charge in [0.15, 0.2) is 11.2 Å². The second-order valence-corrected chi connectivity index (χ2v) is 7.94. The first-order chi connectivity index (χ1) is 15.5. The minimum absolute atomic E-state index is 0.188. The summed E-state index contributed by atoms with van der Waals surface area (Å²) < 4.78 is 13.5. The van der Waals surface area contributed by atoms with Crippen molar-refractivity contribution in [2.24, 2.45) is 0 Å². The molecular weight excluding hydrogens is 412 g/mol. The van der Waals surface area contributed by atoms with Crippen molar-refractivity contribution in [3.05, 3.63) is 24.5 Å². The summed E-state index contributed by atoms with van der Waals surface area (Å²) >= 11 is 0. The zero-order chi connectivity index (χ0) is 22.7. The number of carbonyl (C=O) groups excluding carboxylic acids is 1. The van der Waals surface area contributed by atoms with E-state index in [-0.39, 0.29) is 12.2 Å². The van der Waals surface area contributed by atoms with Crippen molar-refractivity contribution in [1.82, 2.24) is 39.3 Å². The predicted octanol–water partition coefficient (Wildman–Crippen LogP) is 1.76. The van der Waals surface area contributed by atoms with E-state index >= 15 is 0 Å². The summed E-state index contributed by atoms with van der Waals surface area (Å²) in [5.74, 6) is 1.82. The van der Waals surface area contributed by atoms with E-state index in [4.69, 9.17) is 14.5 Å². The number of carbonyl (C=O) groups is 1. The molecule has 32 heavy (non-hydrogen) atoms. The lowest BCUT2D eigenvalue weighted by molar-refractivity contribution is 0.0986. The Morgan fingerprint density at radius 2 is 2.00 bits per heavy atom. The number of imidazole rings is 1. The molecule has 4 rings (SSSR count). The van der Waals surface area contributed by atoms with E-state index in [1.165, 1.54) is 6.33 Å². The molecule has 0 aromatic carbocycles. The molecule has 0 saturated carbocycles. The highest BCUT2D eigenvalue weighted by atomic mass is 16.6. The molecule has 0 spiro atoms.